The van der Waals surface area contributed by atoms with Crippen molar-refractivity contribution in [2.24, 2.45) is 5.92 Å². The van der Waals surface area contributed by atoms with Crippen molar-refractivity contribution < 1.29 is 36.0 Å². The Hall–Kier alpha value is -2.70. The zero-order valence-electron chi connectivity index (χ0n) is 16.1. The number of aryl methyl sites for hydroxylation is 1. The van der Waals surface area contributed by atoms with E-state index in [-0.39, 0.29) is 20.7 Å². The molecule has 3 unspecified atom stereocenters. The van der Waals surface area contributed by atoms with Gasteiger partial charge < -0.3 is 9.63 Å². The van der Waals surface area contributed by atoms with Crippen molar-refractivity contribution in [3.63, 3.8) is 0 Å². The Kier molecular flexibility index (Phi) is 4.56. The van der Waals surface area contributed by atoms with Crippen molar-refractivity contribution >= 4 is 27.3 Å². The molecule has 32 heavy (non-hydrogen) atoms. The molecular weight excluding hydrogens is 469 g/mol. The van der Waals surface area contributed by atoms with Crippen LogP contribution in [0, 0.1) is 5.92 Å². The lowest BCUT2D eigenvalue weighted by atomic mass is 9.92. The van der Waals surface area contributed by atoms with Gasteiger partial charge in [0.1, 0.15) is 15.4 Å². The molecule has 2 N–H and O–H groups in total. The molecule has 0 aliphatic heterocycles. The van der Waals surface area contributed by atoms with Crippen LogP contribution in [0.15, 0.2) is 51.2 Å². The average Bonchev–Trinajstić information content (AvgIpc) is 3.13. The summed E-state index contributed by atoms with van der Waals surface area (Å²) in [6, 6.07) is 10.6. The van der Waals surface area contributed by atoms with E-state index < -0.39 is 39.4 Å². The van der Waals surface area contributed by atoms with Crippen LogP contribution in [-0.2, 0) is 27.4 Å². The predicted octanol–water partition coefficient (Wildman–Crippen LogP) is 3.88. The van der Waals surface area contributed by atoms with E-state index in [1.807, 2.05) is 18.2 Å². The third kappa shape index (κ3) is 3.16. The lowest BCUT2D eigenvalue weighted by Crippen LogP contribution is -2.45. The van der Waals surface area contributed by atoms with Crippen molar-refractivity contribution in [3.05, 3.63) is 59.4 Å². The number of nitrogens with zero attached hydrogens (tertiary/aromatic N) is 1. The molecule has 0 saturated heterocycles. The number of alkyl halides is 3. The zero-order valence-corrected chi connectivity index (χ0v) is 17.7. The second-order valence-corrected chi connectivity index (χ2v) is 10.8. The van der Waals surface area contributed by atoms with Crippen LogP contribution in [0.1, 0.15) is 29.2 Å². The molecule has 1 aromatic carbocycles. The quantitative estimate of drug-likeness (QED) is 0.569. The van der Waals surface area contributed by atoms with E-state index in [0.29, 0.717) is 30.2 Å². The molecule has 2 aromatic heterocycles. The monoisotopic (exact) mass is 484 g/mol. The molecule has 2 heterocycles. The molecule has 5 rings (SSSR count). The van der Waals surface area contributed by atoms with Gasteiger partial charge in [0.05, 0.1) is 4.88 Å². The van der Waals surface area contributed by atoms with Crippen molar-refractivity contribution in [2.45, 2.75) is 34.7 Å². The van der Waals surface area contributed by atoms with E-state index in [1.54, 1.807) is 6.07 Å². The molecule has 1 fully saturated rings. The van der Waals surface area contributed by atoms with E-state index in [0.717, 1.165) is 11.1 Å². The molecule has 0 spiro atoms. The minimum absolute atomic E-state index is 0.146. The number of carboxylic acid groups (broad SMARTS) is 1. The number of carboxylic acids is 1. The van der Waals surface area contributed by atoms with Crippen LogP contribution in [0.4, 0.5) is 13.2 Å². The number of aromatic nitrogens is 1. The maximum Gasteiger partial charge on any atom is 0.452 e. The number of thiophene rings is 1. The van der Waals surface area contributed by atoms with Crippen molar-refractivity contribution in [1.82, 2.24) is 9.88 Å². The summed E-state index contributed by atoms with van der Waals surface area (Å²) in [5, 5.41) is 13.3. The maximum absolute atomic E-state index is 13.1. The maximum atomic E-state index is 13.1. The molecule has 2 aliphatic carbocycles. The van der Waals surface area contributed by atoms with E-state index in [9.17, 15) is 31.5 Å². The Bertz CT molecular complexity index is 1330. The summed E-state index contributed by atoms with van der Waals surface area (Å²) in [7, 11) is -4.26. The SMILES string of the molecule is O=C(O)C1(NS(=O)(=O)c2ccc(-c3cc(C(F)(F)F)on3)s2)C2CCc3ccccc3C21. The summed E-state index contributed by atoms with van der Waals surface area (Å²) >= 11 is 0.683. The molecule has 3 atom stereocenters. The van der Waals surface area contributed by atoms with Crippen LogP contribution in [0.3, 0.4) is 0 Å². The summed E-state index contributed by atoms with van der Waals surface area (Å²) in [5.41, 5.74) is 0.00199. The zero-order chi connectivity index (χ0) is 22.9. The number of carbonyl (C=O) groups is 1. The summed E-state index contributed by atoms with van der Waals surface area (Å²) in [6.45, 7) is 0. The Morgan fingerprint density at radius 3 is 2.69 bits per heavy atom. The fourth-order valence-electron chi connectivity index (χ4n) is 4.57. The van der Waals surface area contributed by atoms with E-state index in [2.05, 4.69) is 14.4 Å². The highest BCUT2D eigenvalue weighted by Crippen LogP contribution is 2.63. The number of rotatable bonds is 5. The molecule has 2 aliphatic rings. The van der Waals surface area contributed by atoms with E-state index in [4.69, 9.17) is 0 Å². The molecule has 1 saturated carbocycles. The van der Waals surface area contributed by atoms with Gasteiger partial charge in [-0.05, 0) is 42.0 Å². The van der Waals surface area contributed by atoms with Crippen LogP contribution in [-0.4, -0.2) is 30.2 Å². The van der Waals surface area contributed by atoms with Gasteiger partial charge in [-0.2, -0.15) is 17.9 Å². The van der Waals surface area contributed by atoms with E-state index >= 15 is 0 Å². The average molecular weight is 484 g/mol. The molecule has 0 radical (unpaired) electrons. The van der Waals surface area contributed by atoms with Gasteiger partial charge in [-0.15, -0.1) is 11.3 Å². The van der Waals surface area contributed by atoms with Gasteiger partial charge in [-0.3, -0.25) is 4.79 Å². The highest BCUT2D eigenvalue weighted by molar-refractivity contribution is 7.91. The number of fused-ring (bicyclic) bond motifs is 3. The standard InChI is InChI=1S/C20H15F3N2O5S2/c21-20(22,23)15-9-13(24-30-15)14-7-8-16(31-14)32(28,29)25-19(18(26)27)12-6-5-10-3-1-2-4-11(10)17(12)19/h1-4,7-9,12,17,25H,5-6H2,(H,26,27). The molecule has 3 aromatic rings. The first kappa shape index (κ1) is 21.2. The van der Waals surface area contributed by atoms with Crippen LogP contribution >= 0.6 is 11.3 Å². The largest absolute Gasteiger partial charge is 0.480 e. The topological polar surface area (TPSA) is 110 Å². The van der Waals surface area contributed by atoms with Crippen molar-refractivity contribution in [3.8, 4) is 10.6 Å². The smallest absolute Gasteiger partial charge is 0.452 e. The lowest BCUT2D eigenvalue weighted by molar-refractivity contribution is -0.155. The fourth-order valence-corrected chi connectivity index (χ4v) is 7.25. The van der Waals surface area contributed by atoms with E-state index in [1.165, 1.54) is 12.1 Å². The van der Waals surface area contributed by atoms with Crippen molar-refractivity contribution in [1.29, 1.82) is 0 Å². The molecule has 7 nitrogen and oxygen atoms in total. The third-order valence-electron chi connectivity index (χ3n) is 6.03. The predicted molar refractivity (Wildman–Crippen MR) is 107 cm³/mol. The fraction of sp³-hybridized carbons (Fsp3) is 0.300. The number of hydrogen-bond acceptors (Lipinski definition) is 6. The first-order valence-electron chi connectivity index (χ1n) is 9.53. The third-order valence-corrected chi connectivity index (χ3v) is 9.11. The highest BCUT2D eigenvalue weighted by Gasteiger charge is 2.73. The van der Waals surface area contributed by atoms with Crippen LogP contribution in [0.5, 0.6) is 0 Å². The van der Waals surface area contributed by atoms with Gasteiger partial charge in [0, 0.05) is 12.0 Å². The first-order chi connectivity index (χ1) is 15.0. The van der Waals surface area contributed by atoms with Gasteiger partial charge >= 0.3 is 12.1 Å². The lowest BCUT2D eigenvalue weighted by Gasteiger charge is -2.15. The summed E-state index contributed by atoms with van der Waals surface area (Å²) < 4.78 is 70.8. The van der Waals surface area contributed by atoms with Gasteiger partial charge in [-0.1, -0.05) is 29.4 Å². The summed E-state index contributed by atoms with van der Waals surface area (Å²) in [6.07, 6.45) is -3.53. The number of hydrogen-bond donors (Lipinski definition) is 2. The Balaban J connectivity index is 1.45. The minimum Gasteiger partial charge on any atom is -0.480 e. The Morgan fingerprint density at radius 2 is 2.00 bits per heavy atom. The van der Waals surface area contributed by atoms with Crippen LogP contribution < -0.4 is 4.72 Å². The number of benzene rings is 1. The molecule has 0 bridgehead atoms. The number of halogens is 3. The van der Waals surface area contributed by atoms with Gasteiger partial charge in [0.15, 0.2) is 0 Å². The summed E-state index contributed by atoms with van der Waals surface area (Å²) in [5.74, 6) is -3.41. The van der Waals surface area contributed by atoms with Gasteiger partial charge in [-0.25, -0.2) is 8.42 Å². The summed E-state index contributed by atoms with van der Waals surface area (Å²) in [4.78, 5) is 12.4. The second kappa shape index (κ2) is 6.90. The molecule has 12 heteroatoms. The Morgan fingerprint density at radius 1 is 1.25 bits per heavy atom. The van der Waals surface area contributed by atoms with Gasteiger partial charge in [0.2, 0.25) is 5.76 Å². The Labute approximate surface area is 183 Å². The molecule has 168 valence electrons. The molecule has 0 amide bonds. The van der Waals surface area contributed by atoms with Gasteiger partial charge in [0.25, 0.3) is 10.0 Å². The van der Waals surface area contributed by atoms with Crippen LogP contribution in [0.25, 0.3) is 10.6 Å². The normalized spacial score (nSPS) is 24.6. The number of sulfonamides is 1. The number of nitrogens with one attached hydrogen (secondary N) is 1. The first-order valence-corrected chi connectivity index (χ1v) is 11.8. The van der Waals surface area contributed by atoms with Crippen molar-refractivity contribution in [2.75, 3.05) is 0 Å². The van der Waals surface area contributed by atoms with Crippen LogP contribution in [0.2, 0.25) is 0 Å². The second-order valence-electron chi connectivity index (χ2n) is 7.79. The minimum atomic E-state index is -4.72. The highest BCUT2D eigenvalue weighted by atomic mass is 32.2. The number of aliphatic carboxylic acids is 1. The molecular formula is C20H15F3N2O5S2.